The molecule has 0 aliphatic carbocycles. The van der Waals surface area contributed by atoms with Crippen molar-refractivity contribution in [3.8, 4) is 5.75 Å². The van der Waals surface area contributed by atoms with E-state index in [1.54, 1.807) is 0 Å². The third-order valence-electron chi connectivity index (χ3n) is 1.84. The van der Waals surface area contributed by atoms with Crippen LogP contribution in [0.3, 0.4) is 0 Å². The van der Waals surface area contributed by atoms with Crippen molar-refractivity contribution in [2.24, 2.45) is 0 Å². The standard InChI is InChI=1S/C11H10F2O3/c1-15-10(14)4-3-7-5-8(12)6-9(13)11(7)16-2/h3-6H,1-2H3. The Bertz CT molecular complexity index is 427. The maximum atomic E-state index is 13.2. The summed E-state index contributed by atoms with van der Waals surface area (Å²) in [5, 5.41) is 0. The number of methoxy groups -OCH3 is 2. The van der Waals surface area contributed by atoms with Crippen LogP contribution in [0, 0.1) is 11.6 Å². The second-order valence-electron chi connectivity index (χ2n) is 2.87. The predicted octanol–water partition coefficient (Wildman–Crippen LogP) is 2.16. The zero-order valence-corrected chi connectivity index (χ0v) is 8.79. The van der Waals surface area contributed by atoms with Gasteiger partial charge in [0.1, 0.15) is 5.82 Å². The first-order valence-electron chi connectivity index (χ1n) is 4.37. The highest BCUT2D eigenvalue weighted by atomic mass is 19.1. The number of hydrogen-bond acceptors (Lipinski definition) is 3. The smallest absolute Gasteiger partial charge is 0.330 e. The van der Waals surface area contributed by atoms with Gasteiger partial charge in [0.25, 0.3) is 0 Å². The fraction of sp³-hybridized carbons (Fsp3) is 0.182. The maximum absolute atomic E-state index is 13.2. The molecule has 1 aromatic carbocycles. The van der Waals surface area contributed by atoms with Crippen molar-refractivity contribution in [1.82, 2.24) is 0 Å². The lowest BCUT2D eigenvalue weighted by molar-refractivity contribution is -0.134. The van der Waals surface area contributed by atoms with Crippen molar-refractivity contribution in [2.45, 2.75) is 0 Å². The first-order valence-corrected chi connectivity index (χ1v) is 4.37. The van der Waals surface area contributed by atoms with E-state index in [0.29, 0.717) is 6.07 Å². The lowest BCUT2D eigenvalue weighted by Gasteiger charge is -2.05. The third kappa shape index (κ3) is 2.79. The van der Waals surface area contributed by atoms with E-state index < -0.39 is 17.6 Å². The molecular weight excluding hydrogens is 218 g/mol. The number of halogens is 2. The van der Waals surface area contributed by atoms with E-state index in [9.17, 15) is 13.6 Å². The molecule has 1 rings (SSSR count). The monoisotopic (exact) mass is 228 g/mol. The molecule has 16 heavy (non-hydrogen) atoms. The number of ether oxygens (including phenoxy) is 2. The quantitative estimate of drug-likeness (QED) is 0.587. The predicted molar refractivity (Wildman–Crippen MR) is 54.0 cm³/mol. The molecule has 0 aliphatic rings. The molecule has 0 heterocycles. The zero-order valence-electron chi connectivity index (χ0n) is 8.79. The van der Waals surface area contributed by atoms with E-state index in [1.165, 1.54) is 20.3 Å². The van der Waals surface area contributed by atoms with Crippen molar-refractivity contribution in [3.63, 3.8) is 0 Å². The molecule has 0 unspecified atom stereocenters. The number of hydrogen-bond donors (Lipinski definition) is 0. The minimum absolute atomic E-state index is 0.124. The summed E-state index contributed by atoms with van der Waals surface area (Å²) in [6, 6.07) is 1.76. The van der Waals surface area contributed by atoms with Crippen molar-refractivity contribution in [3.05, 3.63) is 35.4 Å². The Hall–Kier alpha value is -1.91. The third-order valence-corrected chi connectivity index (χ3v) is 1.84. The summed E-state index contributed by atoms with van der Waals surface area (Å²) in [7, 11) is 2.46. The highest BCUT2D eigenvalue weighted by Gasteiger charge is 2.09. The summed E-state index contributed by atoms with van der Waals surface area (Å²) >= 11 is 0. The summed E-state index contributed by atoms with van der Waals surface area (Å²) in [5.41, 5.74) is 0.130. The van der Waals surface area contributed by atoms with Gasteiger partial charge in [0.05, 0.1) is 14.2 Å². The molecule has 0 aliphatic heterocycles. The molecule has 1 aromatic rings. The lowest BCUT2D eigenvalue weighted by Crippen LogP contribution is -1.96. The summed E-state index contributed by atoms with van der Waals surface area (Å²) in [6.07, 6.45) is 2.27. The van der Waals surface area contributed by atoms with E-state index >= 15 is 0 Å². The van der Waals surface area contributed by atoms with Gasteiger partial charge < -0.3 is 9.47 Å². The van der Waals surface area contributed by atoms with Crippen LogP contribution in [-0.4, -0.2) is 20.2 Å². The molecule has 0 radical (unpaired) electrons. The van der Waals surface area contributed by atoms with E-state index in [4.69, 9.17) is 4.74 Å². The Balaban J connectivity index is 3.11. The summed E-state index contributed by atoms with van der Waals surface area (Å²) in [6.45, 7) is 0. The number of benzene rings is 1. The van der Waals surface area contributed by atoms with Crippen molar-refractivity contribution >= 4 is 12.0 Å². The average molecular weight is 228 g/mol. The van der Waals surface area contributed by atoms with Gasteiger partial charge in [-0.1, -0.05) is 0 Å². The highest BCUT2D eigenvalue weighted by Crippen LogP contribution is 2.25. The summed E-state index contributed by atoms with van der Waals surface area (Å²) in [4.78, 5) is 10.8. The highest BCUT2D eigenvalue weighted by molar-refractivity contribution is 5.87. The molecule has 0 bridgehead atoms. The molecule has 0 N–H and O–H groups in total. The van der Waals surface area contributed by atoms with E-state index in [2.05, 4.69) is 4.74 Å². The van der Waals surface area contributed by atoms with Crippen molar-refractivity contribution < 1.29 is 23.0 Å². The van der Waals surface area contributed by atoms with Gasteiger partial charge in [0, 0.05) is 17.7 Å². The Morgan fingerprint density at radius 3 is 2.56 bits per heavy atom. The van der Waals surface area contributed by atoms with Gasteiger partial charge in [-0.2, -0.15) is 0 Å². The van der Waals surface area contributed by atoms with Crippen LogP contribution < -0.4 is 4.74 Å². The van der Waals surface area contributed by atoms with Gasteiger partial charge in [-0.3, -0.25) is 0 Å². The minimum atomic E-state index is -0.827. The average Bonchev–Trinajstić information content (AvgIpc) is 2.25. The lowest BCUT2D eigenvalue weighted by atomic mass is 10.1. The van der Waals surface area contributed by atoms with Crippen LogP contribution in [0.25, 0.3) is 6.08 Å². The molecule has 0 saturated heterocycles. The van der Waals surface area contributed by atoms with Crippen molar-refractivity contribution in [1.29, 1.82) is 0 Å². The van der Waals surface area contributed by atoms with Crippen LogP contribution in [0.5, 0.6) is 5.75 Å². The molecule has 0 saturated carbocycles. The summed E-state index contributed by atoms with van der Waals surface area (Å²) < 4.78 is 35.2. The van der Waals surface area contributed by atoms with Crippen LogP contribution in [0.1, 0.15) is 5.56 Å². The second kappa shape index (κ2) is 5.25. The normalized spacial score (nSPS) is 10.5. The van der Waals surface area contributed by atoms with Gasteiger partial charge in [0.15, 0.2) is 11.6 Å². The van der Waals surface area contributed by atoms with Gasteiger partial charge in [-0.25, -0.2) is 13.6 Å². The van der Waals surface area contributed by atoms with E-state index in [-0.39, 0.29) is 11.3 Å². The summed E-state index contributed by atoms with van der Waals surface area (Å²) in [5.74, 6) is -2.32. The first-order chi connectivity index (χ1) is 7.58. The number of carbonyl (C=O) groups excluding carboxylic acids is 1. The molecule has 3 nitrogen and oxygen atoms in total. The maximum Gasteiger partial charge on any atom is 0.330 e. The molecule has 0 amide bonds. The molecule has 0 fully saturated rings. The van der Waals surface area contributed by atoms with Crippen LogP contribution in [0.4, 0.5) is 8.78 Å². The Morgan fingerprint density at radius 2 is 2.00 bits per heavy atom. The van der Waals surface area contributed by atoms with Crippen molar-refractivity contribution in [2.75, 3.05) is 14.2 Å². The van der Waals surface area contributed by atoms with Gasteiger partial charge in [-0.05, 0) is 12.1 Å². The number of carbonyl (C=O) groups is 1. The minimum Gasteiger partial charge on any atom is -0.493 e. The van der Waals surface area contributed by atoms with Crippen LogP contribution in [0.2, 0.25) is 0 Å². The number of rotatable bonds is 3. The topological polar surface area (TPSA) is 35.5 Å². The molecular formula is C11H10F2O3. The Labute approximate surface area is 91.3 Å². The van der Waals surface area contributed by atoms with E-state index in [0.717, 1.165) is 12.1 Å². The van der Waals surface area contributed by atoms with E-state index in [1.807, 2.05) is 0 Å². The van der Waals surface area contributed by atoms with Crippen LogP contribution in [0.15, 0.2) is 18.2 Å². The molecule has 0 atom stereocenters. The number of esters is 1. The Kier molecular flexibility index (Phi) is 3.99. The second-order valence-corrected chi connectivity index (χ2v) is 2.87. The van der Waals surface area contributed by atoms with Crippen LogP contribution >= 0.6 is 0 Å². The first kappa shape index (κ1) is 12.2. The van der Waals surface area contributed by atoms with Gasteiger partial charge in [0.2, 0.25) is 0 Å². The molecule has 0 aromatic heterocycles. The fourth-order valence-corrected chi connectivity index (χ4v) is 1.15. The zero-order chi connectivity index (χ0) is 12.1. The van der Waals surface area contributed by atoms with Gasteiger partial charge >= 0.3 is 5.97 Å². The SMILES string of the molecule is COC(=O)C=Cc1cc(F)cc(F)c1OC. The van der Waals surface area contributed by atoms with Crippen LogP contribution in [-0.2, 0) is 9.53 Å². The largest absolute Gasteiger partial charge is 0.493 e. The molecule has 86 valence electrons. The molecule has 5 heteroatoms. The molecule has 0 spiro atoms. The van der Waals surface area contributed by atoms with Gasteiger partial charge in [-0.15, -0.1) is 0 Å². The fourth-order valence-electron chi connectivity index (χ4n) is 1.15. The Morgan fingerprint density at radius 1 is 1.31 bits per heavy atom.